The number of nitrogens with one attached hydrogen (secondary N) is 1. The number of carbonyl (C=O) groups excluding carboxylic acids is 2. The van der Waals surface area contributed by atoms with Gasteiger partial charge < -0.3 is 4.79 Å². The zero-order valence-electron chi connectivity index (χ0n) is 11.0. The second kappa shape index (κ2) is 7.56. The van der Waals surface area contributed by atoms with Crippen molar-refractivity contribution < 1.29 is 18.0 Å². The smallest absolute Gasteiger partial charge is 0.261 e. The van der Waals surface area contributed by atoms with Crippen LogP contribution >= 0.6 is 0 Å². The van der Waals surface area contributed by atoms with Crippen LogP contribution in [0.1, 0.15) is 12.5 Å². The van der Waals surface area contributed by atoms with Crippen LogP contribution in [-0.4, -0.2) is 37.9 Å². The molecule has 1 aromatic carbocycles. The van der Waals surface area contributed by atoms with Gasteiger partial charge in [-0.25, -0.2) is 8.42 Å². The minimum absolute atomic E-state index is 0.183. The van der Waals surface area contributed by atoms with Crippen LogP contribution in [0.15, 0.2) is 36.4 Å². The summed E-state index contributed by atoms with van der Waals surface area (Å²) in [7, 11) is -3.61. The Morgan fingerprint density at radius 1 is 1.30 bits per heavy atom. The molecule has 0 saturated heterocycles. The third-order valence-corrected chi connectivity index (χ3v) is 3.63. The lowest BCUT2D eigenvalue weighted by Gasteiger charge is -2.18. The molecule has 0 fully saturated rings. The summed E-state index contributed by atoms with van der Waals surface area (Å²) < 4.78 is 22.8. The average Bonchev–Trinajstić information content (AvgIpc) is 2.45. The Kier molecular flexibility index (Phi) is 6.08. The molecule has 0 aromatic heterocycles. The zero-order valence-corrected chi connectivity index (χ0v) is 11.8. The van der Waals surface area contributed by atoms with E-state index in [9.17, 15) is 18.0 Å². The molecule has 1 amide bonds. The van der Waals surface area contributed by atoms with Gasteiger partial charge in [0, 0.05) is 6.08 Å². The number of nitrogens with zero attached hydrogens (tertiary/aromatic N) is 1. The number of sulfonamides is 1. The molecule has 108 valence electrons. The largest absolute Gasteiger partial charge is 0.301 e. The van der Waals surface area contributed by atoms with E-state index in [0.29, 0.717) is 6.29 Å². The van der Waals surface area contributed by atoms with Crippen molar-refractivity contribution in [3.8, 4) is 0 Å². The van der Waals surface area contributed by atoms with Crippen molar-refractivity contribution in [3.05, 3.63) is 42.0 Å². The van der Waals surface area contributed by atoms with E-state index in [-0.39, 0.29) is 12.3 Å². The number of hydrogen-bond donors (Lipinski definition) is 1. The minimum atomic E-state index is -3.61. The maximum atomic E-state index is 11.9. The van der Waals surface area contributed by atoms with E-state index >= 15 is 0 Å². The molecule has 0 aliphatic carbocycles. The molecule has 20 heavy (non-hydrogen) atoms. The summed E-state index contributed by atoms with van der Waals surface area (Å²) in [6, 6.07) is 9.06. The van der Waals surface area contributed by atoms with Gasteiger partial charge >= 0.3 is 0 Å². The van der Waals surface area contributed by atoms with Crippen LogP contribution in [0, 0.1) is 0 Å². The molecule has 1 N–H and O–H groups in total. The number of amides is 1. The van der Waals surface area contributed by atoms with E-state index in [0.717, 1.165) is 10.6 Å². The summed E-state index contributed by atoms with van der Waals surface area (Å²) in [4.78, 5) is 24.4. The van der Waals surface area contributed by atoms with Crippen LogP contribution in [0.2, 0.25) is 0 Å². The normalized spacial score (nSPS) is 11.4. The Bertz CT molecular complexity index is 582. The predicted octanol–water partition coefficient (Wildman–Crippen LogP) is 0.582. The van der Waals surface area contributed by atoms with Crippen LogP contribution in [0.5, 0.6) is 0 Å². The highest BCUT2D eigenvalue weighted by atomic mass is 32.2. The highest BCUT2D eigenvalue weighted by Crippen LogP contribution is 2.01. The monoisotopic (exact) mass is 296 g/mol. The second-order valence-electron chi connectivity index (χ2n) is 3.85. The first-order valence-corrected chi connectivity index (χ1v) is 7.62. The molecule has 0 unspecified atom stereocenters. The lowest BCUT2D eigenvalue weighted by Crippen LogP contribution is -2.46. The van der Waals surface area contributed by atoms with Crippen molar-refractivity contribution in [3.63, 3.8) is 0 Å². The molecule has 0 radical (unpaired) electrons. The summed E-state index contributed by atoms with van der Waals surface area (Å²) in [5.41, 5.74) is 0.797. The molecular weight excluding hydrogens is 280 g/mol. The molecule has 7 heteroatoms. The molecule has 0 aliphatic rings. The van der Waals surface area contributed by atoms with Gasteiger partial charge in [-0.1, -0.05) is 30.3 Å². The van der Waals surface area contributed by atoms with E-state index in [2.05, 4.69) is 4.83 Å². The zero-order chi connectivity index (χ0) is 15.0. The maximum absolute atomic E-state index is 11.9. The maximum Gasteiger partial charge on any atom is 0.261 e. The van der Waals surface area contributed by atoms with Crippen LogP contribution in [0.3, 0.4) is 0 Å². The molecule has 0 aliphatic heterocycles. The number of rotatable bonds is 7. The first kappa shape index (κ1) is 16.1. The molecule has 0 spiro atoms. The number of carbonyl (C=O) groups is 2. The summed E-state index contributed by atoms with van der Waals surface area (Å²) in [5, 5.41) is 0.755. The minimum Gasteiger partial charge on any atom is -0.301 e. The number of aldehydes is 1. The SMILES string of the molecule is CCS(=O)(=O)NN(CC=O)C(=O)C=Cc1ccccc1. The lowest BCUT2D eigenvalue weighted by atomic mass is 10.2. The number of benzene rings is 1. The second-order valence-corrected chi connectivity index (χ2v) is 5.84. The van der Waals surface area contributed by atoms with Crippen LogP contribution in [-0.2, 0) is 19.6 Å². The molecule has 6 nitrogen and oxygen atoms in total. The van der Waals surface area contributed by atoms with Crippen LogP contribution in [0.4, 0.5) is 0 Å². The third-order valence-electron chi connectivity index (χ3n) is 2.37. The van der Waals surface area contributed by atoms with Crippen molar-refractivity contribution in [2.24, 2.45) is 0 Å². The standard InChI is InChI=1S/C13H16N2O4S/c1-2-20(18,19)14-15(10-11-16)13(17)9-8-12-6-4-3-5-7-12/h3-9,11,14H,2,10H2,1H3. The molecule has 0 atom stereocenters. The Hall–Kier alpha value is -1.99. The van der Waals surface area contributed by atoms with E-state index in [1.807, 2.05) is 18.2 Å². The fraction of sp³-hybridized carbons (Fsp3) is 0.231. The molecule has 0 saturated carbocycles. The van der Waals surface area contributed by atoms with Crippen molar-refractivity contribution in [1.82, 2.24) is 9.84 Å². The average molecular weight is 296 g/mol. The van der Waals surface area contributed by atoms with Crippen LogP contribution in [0.25, 0.3) is 6.08 Å². The van der Waals surface area contributed by atoms with Crippen molar-refractivity contribution >= 4 is 28.3 Å². The van der Waals surface area contributed by atoms with Gasteiger partial charge in [-0.3, -0.25) is 9.80 Å². The first-order chi connectivity index (χ1) is 9.48. The van der Waals surface area contributed by atoms with E-state index in [1.165, 1.54) is 13.0 Å². The highest BCUT2D eigenvalue weighted by Gasteiger charge is 2.16. The Morgan fingerprint density at radius 3 is 2.50 bits per heavy atom. The molecular formula is C13H16N2O4S. The van der Waals surface area contributed by atoms with Gasteiger partial charge in [0.25, 0.3) is 5.91 Å². The summed E-state index contributed by atoms with van der Waals surface area (Å²) in [5.74, 6) is -0.795. The van der Waals surface area contributed by atoms with E-state index < -0.39 is 15.9 Å². The van der Waals surface area contributed by atoms with Crippen molar-refractivity contribution in [1.29, 1.82) is 0 Å². The fourth-order valence-electron chi connectivity index (χ4n) is 1.30. The summed E-state index contributed by atoms with van der Waals surface area (Å²) >= 11 is 0. The van der Waals surface area contributed by atoms with Gasteiger partial charge in [-0.2, -0.15) is 0 Å². The van der Waals surface area contributed by atoms with Crippen molar-refractivity contribution in [2.75, 3.05) is 12.3 Å². The molecule has 1 aromatic rings. The highest BCUT2D eigenvalue weighted by molar-refractivity contribution is 7.89. The molecule has 0 heterocycles. The van der Waals surface area contributed by atoms with Gasteiger partial charge in [0.2, 0.25) is 10.0 Å². The van der Waals surface area contributed by atoms with E-state index in [4.69, 9.17) is 0 Å². The summed E-state index contributed by atoms with van der Waals surface area (Å²) in [6.45, 7) is 1.09. The van der Waals surface area contributed by atoms with Gasteiger partial charge in [0.1, 0.15) is 6.29 Å². The van der Waals surface area contributed by atoms with Gasteiger partial charge in [-0.05, 0) is 18.6 Å². The van der Waals surface area contributed by atoms with E-state index in [1.54, 1.807) is 18.2 Å². The topological polar surface area (TPSA) is 83.6 Å². The van der Waals surface area contributed by atoms with Crippen LogP contribution < -0.4 is 4.83 Å². The Labute approximate surface area is 118 Å². The van der Waals surface area contributed by atoms with Gasteiger partial charge in [0.15, 0.2) is 0 Å². The predicted molar refractivity (Wildman–Crippen MR) is 75.8 cm³/mol. The number of hydrazine groups is 1. The van der Waals surface area contributed by atoms with Gasteiger partial charge in [0.05, 0.1) is 12.3 Å². The molecule has 0 bridgehead atoms. The first-order valence-electron chi connectivity index (χ1n) is 5.97. The Morgan fingerprint density at radius 2 is 1.95 bits per heavy atom. The fourth-order valence-corrected chi connectivity index (χ4v) is 1.93. The molecule has 1 rings (SSSR count). The third kappa shape index (κ3) is 5.33. The summed E-state index contributed by atoms with van der Waals surface area (Å²) in [6.07, 6.45) is 3.20. The van der Waals surface area contributed by atoms with Gasteiger partial charge in [-0.15, -0.1) is 4.83 Å². The Balaban J connectivity index is 2.79. The lowest BCUT2D eigenvalue weighted by molar-refractivity contribution is -0.129. The van der Waals surface area contributed by atoms with Crippen molar-refractivity contribution in [2.45, 2.75) is 6.92 Å². The number of hydrogen-bond acceptors (Lipinski definition) is 4. The quantitative estimate of drug-likeness (QED) is 0.453.